The van der Waals surface area contributed by atoms with Crippen LogP contribution in [0.2, 0.25) is 0 Å². The number of nitrogens with one attached hydrogen (secondary N) is 1. The number of aliphatic imine (C=N–C) groups is 1. The molecule has 3 aromatic carbocycles. The Morgan fingerprint density at radius 1 is 0.857 bits per heavy atom. The summed E-state index contributed by atoms with van der Waals surface area (Å²) in [7, 11) is -0.718. The number of aliphatic hydroxyl groups is 1. The van der Waals surface area contributed by atoms with Crippen molar-refractivity contribution in [2.45, 2.75) is 27.2 Å². The second-order valence-electron chi connectivity index (χ2n) is 9.32. The number of rotatable bonds is 7. The summed E-state index contributed by atoms with van der Waals surface area (Å²) in [5.41, 5.74) is 2.89. The van der Waals surface area contributed by atoms with E-state index in [2.05, 4.69) is 34.2 Å². The fraction of sp³-hybridized carbons (Fsp3) is 0.167. The van der Waals surface area contributed by atoms with Gasteiger partial charge >= 0.3 is 0 Å². The van der Waals surface area contributed by atoms with Gasteiger partial charge in [0.1, 0.15) is 12.4 Å². The molecular weight excluding hydrogens is 539 g/mol. The number of hydrogen-bond donors (Lipinski definition) is 2. The standard InChI is InChI=1S/C17H14NOP.C13H19NO2.C6H6/c19-16-12-7-13-17(18-16)20(14-8-3-1-4-9-14)15-10-5-2-6-11-15;1-4-10(2)12(15)7-5-6-11(3)13-14-8-9-16-13;1-2-4-6-5-3-1/h1-13H,(H,18,19);5-7,15H,4,8-9H2,1-3H3;1-6H/b;7-5-,11-6+,12-10?;. The van der Waals surface area contributed by atoms with Crippen LogP contribution in [0.4, 0.5) is 0 Å². The zero-order valence-corrected chi connectivity index (χ0v) is 25.4. The average Bonchev–Trinajstić information content (AvgIpc) is 3.59. The number of aromatic nitrogens is 1. The van der Waals surface area contributed by atoms with Crippen LogP contribution in [0.5, 0.6) is 0 Å². The first-order valence-electron chi connectivity index (χ1n) is 14.0. The highest BCUT2D eigenvalue weighted by atomic mass is 31.1. The third-order valence-electron chi connectivity index (χ3n) is 6.18. The molecule has 0 unspecified atom stereocenters. The van der Waals surface area contributed by atoms with Gasteiger partial charge in [0.25, 0.3) is 0 Å². The highest BCUT2D eigenvalue weighted by Gasteiger charge is 2.16. The highest BCUT2D eigenvalue weighted by Crippen LogP contribution is 2.30. The van der Waals surface area contributed by atoms with Gasteiger partial charge in [-0.25, -0.2) is 4.99 Å². The van der Waals surface area contributed by atoms with Crippen LogP contribution in [0.15, 0.2) is 160 Å². The van der Waals surface area contributed by atoms with Crippen LogP contribution in [0.1, 0.15) is 27.2 Å². The van der Waals surface area contributed by atoms with Gasteiger partial charge in [-0.1, -0.05) is 122 Å². The van der Waals surface area contributed by atoms with E-state index in [1.807, 2.05) is 118 Å². The maximum Gasteiger partial charge on any atom is 0.248 e. The summed E-state index contributed by atoms with van der Waals surface area (Å²) in [6.07, 6.45) is 6.25. The summed E-state index contributed by atoms with van der Waals surface area (Å²) in [5, 5.41) is 12.1. The molecule has 0 radical (unpaired) electrons. The minimum atomic E-state index is -0.718. The van der Waals surface area contributed by atoms with Crippen molar-refractivity contribution in [3.05, 3.63) is 161 Å². The quantitative estimate of drug-likeness (QED) is 0.141. The average molecular weight is 579 g/mol. The largest absolute Gasteiger partial charge is 0.508 e. The number of benzene rings is 3. The van der Waals surface area contributed by atoms with E-state index in [4.69, 9.17) is 4.74 Å². The molecule has 5 nitrogen and oxygen atoms in total. The number of nitrogens with zero attached hydrogens (tertiary/aromatic N) is 1. The van der Waals surface area contributed by atoms with Crippen molar-refractivity contribution in [3.8, 4) is 0 Å². The van der Waals surface area contributed by atoms with Crippen LogP contribution in [-0.4, -0.2) is 29.1 Å². The monoisotopic (exact) mass is 578 g/mol. The Morgan fingerprint density at radius 3 is 1.88 bits per heavy atom. The molecule has 0 amide bonds. The second-order valence-corrected chi connectivity index (χ2v) is 11.5. The van der Waals surface area contributed by atoms with Crippen LogP contribution < -0.4 is 21.6 Å². The van der Waals surface area contributed by atoms with Gasteiger partial charge in [-0.2, -0.15) is 0 Å². The van der Waals surface area contributed by atoms with Gasteiger partial charge in [0.2, 0.25) is 11.5 Å². The smallest absolute Gasteiger partial charge is 0.248 e. The van der Waals surface area contributed by atoms with Gasteiger partial charge < -0.3 is 14.8 Å². The van der Waals surface area contributed by atoms with Crippen molar-refractivity contribution in [1.82, 2.24) is 4.98 Å². The third kappa shape index (κ3) is 10.8. The van der Waals surface area contributed by atoms with E-state index in [-0.39, 0.29) is 5.56 Å². The molecule has 5 rings (SSSR count). The van der Waals surface area contributed by atoms with E-state index in [9.17, 15) is 9.90 Å². The SMILES string of the molecule is CCC(C)=C(O)/C=C\C=C(/C)C1=NCCO1.O=c1cccc(P(c2ccccc2)c2ccccc2)[nH]1.c1ccccc1. The number of aliphatic hydroxyl groups excluding tert-OH is 1. The minimum absolute atomic E-state index is 0.0538. The topological polar surface area (TPSA) is 74.7 Å². The molecule has 6 heteroatoms. The van der Waals surface area contributed by atoms with Crippen molar-refractivity contribution in [2.75, 3.05) is 13.2 Å². The van der Waals surface area contributed by atoms with Crippen molar-refractivity contribution >= 4 is 29.9 Å². The maximum atomic E-state index is 11.6. The third-order valence-corrected chi connectivity index (χ3v) is 8.55. The Morgan fingerprint density at radius 2 is 1.40 bits per heavy atom. The fourth-order valence-electron chi connectivity index (χ4n) is 3.78. The molecule has 0 aliphatic carbocycles. The molecule has 42 heavy (non-hydrogen) atoms. The first kappa shape index (κ1) is 32.0. The Kier molecular flexibility index (Phi) is 13.8. The summed E-state index contributed by atoms with van der Waals surface area (Å²) in [6.45, 7) is 7.29. The molecule has 2 N–H and O–H groups in total. The molecule has 0 fully saturated rings. The van der Waals surface area contributed by atoms with Crippen LogP contribution >= 0.6 is 7.92 Å². The van der Waals surface area contributed by atoms with Crippen molar-refractivity contribution in [2.24, 2.45) is 4.99 Å². The van der Waals surface area contributed by atoms with Crippen LogP contribution in [-0.2, 0) is 4.74 Å². The van der Waals surface area contributed by atoms with E-state index in [1.165, 1.54) is 10.6 Å². The fourth-order valence-corrected chi connectivity index (χ4v) is 6.04. The van der Waals surface area contributed by atoms with Gasteiger partial charge in [0.05, 0.1) is 12.0 Å². The summed E-state index contributed by atoms with van der Waals surface area (Å²) in [4.78, 5) is 18.8. The molecule has 1 aromatic heterocycles. The van der Waals surface area contributed by atoms with E-state index in [1.54, 1.807) is 12.1 Å². The molecule has 0 saturated carbocycles. The van der Waals surface area contributed by atoms with E-state index >= 15 is 0 Å². The van der Waals surface area contributed by atoms with Gasteiger partial charge in [0, 0.05) is 19.6 Å². The number of allylic oxidation sites excluding steroid dienone is 4. The Balaban J connectivity index is 0.000000196. The molecular formula is C36H39N2O3P. The van der Waals surface area contributed by atoms with Crippen molar-refractivity contribution in [3.63, 3.8) is 0 Å². The van der Waals surface area contributed by atoms with E-state index < -0.39 is 7.92 Å². The zero-order valence-electron chi connectivity index (χ0n) is 24.5. The lowest BCUT2D eigenvalue weighted by Gasteiger charge is -2.18. The number of ether oxygens (including phenoxy) is 1. The lowest BCUT2D eigenvalue weighted by Crippen LogP contribution is -2.26. The van der Waals surface area contributed by atoms with E-state index in [0.717, 1.165) is 29.5 Å². The van der Waals surface area contributed by atoms with Gasteiger partial charge in [0.15, 0.2) is 0 Å². The maximum absolute atomic E-state index is 11.6. The number of hydrogen-bond acceptors (Lipinski definition) is 4. The summed E-state index contributed by atoms with van der Waals surface area (Å²) < 4.78 is 5.31. The summed E-state index contributed by atoms with van der Waals surface area (Å²) in [6, 6.07) is 38.0. The molecule has 0 saturated heterocycles. The molecule has 1 aliphatic rings. The molecule has 4 aromatic rings. The van der Waals surface area contributed by atoms with Crippen molar-refractivity contribution in [1.29, 1.82) is 0 Å². The molecule has 2 heterocycles. The summed E-state index contributed by atoms with van der Waals surface area (Å²) >= 11 is 0. The molecule has 0 spiro atoms. The normalized spacial score (nSPS) is 13.2. The van der Waals surface area contributed by atoms with Crippen molar-refractivity contribution < 1.29 is 9.84 Å². The Labute approximate surface area is 250 Å². The number of pyridine rings is 1. The van der Waals surface area contributed by atoms with Gasteiger partial charge in [-0.3, -0.25) is 4.79 Å². The first-order chi connectivity index (χ1) is 20.5. The second kappa shape index (κ2) is 18.1. The van der Waals surface area contributed by atoms with Gasteiger partial charge in [-0.15, -0.1) is 0 Å². The lowest BCUT2D eigenvalue weighted by atomic mass is 10.2. The van der Waals surface area contributed by atoms with E-state index in [0.29, 0.717) is 18.3 Å². The number of H-pyrrole nitrogens is 1. The Bertz CT molecular complexity index is 1460. The van der Waals surface area contributed by atoms with Gasteiger partial charge in [-0.05, 0) is 48.6 Å². The van der Waals surface area contributed by atoms with Crippen LogP contribution in [0.3, 0.4) is 0 Å². The molecule has 0 atom stereocenters. The predicted molar refractivity (Wildman–Crippen MR) is 179 cm³/mol. The van der Waals surface area contributed by atoms with Crippen LogP contribution in [0.25, 0.3) is 0 Å². The minimum Gasteiger partial charge on any atom is -0.508 e. The zero-order chi connectivity index (χ0) is 30.0. The summed E-state index contributed by atoms with van der Waals surface area (Å²) in [5.74, 6) is 1.04. The number of aromatic amines is 1. The molecule has 216 valence electrons. The molecule has 1 aliphatic heterocycles. The lowest BCUT2D eigenvalue weighted by molar-refractivity contribution is 0.347. The molecule has 0 bridgehead atoms. The predicted octanol–water partition coefficient (Wildman–Crippen LogP) is 6.98. The van der Waals surface area contributed by atoms with Crippen LogP contribution in [0, 0.1) is 0 Å². The first-order valence-corrected chi connectivity index (χ1v) is 15.3. The highest BCUT2D eigenvalue weighted by molar-refractivity contribution is 7.79. The Hall–Kier alpha value is -4.47.